The van der Waals surface area contributed by atoms with Crippen LogP contribution in [0.15, 0.2) is 67.1 Å². The van der Waals surface area contributed by atoms with Crippen LogP contribution in [0.3, 0.4) is 0 Å². The molecule has 10 heteroatoms. The van der Waals surface area contributed by atoms with Crippen molar-refractivity contribution in [3.05, 3.63) is 84.2 Å². The van der Waals surface area contributed by atoms with Gasteiger partial charge in [0, 0.05) is 41.2 Å². The smallest absolute Gasteiger partial charge is 0.324 e. The molecule has 0 spiro atoms. The number of halogens is 1. The Bertz CT molecular complexity index is 1730. The molecule has 204 valence electrons. The molecule has 5 aromatic rings. The highest BCUT2D eigenvalue weighted by Gasteiger charge is 2.24. The standard InChI is InChI=1S/C30H31FN8O/c1-18-14-21(10-11-23(18)24-17-33-27(34-20-8-9-20)28-32-12-13-38(24)28)35-29(40)36-26-16-25(30(2,3)4)37-39(26)22-7-5-6-19(31)15-22/h5-7,10-17,20H,8-9H2,1-4H3,(H,33,34)(H2,35,36,40). The van der Waals surface area contributed by atoms with Crippen LogP contribution >= 0.6 is 0 Å². The van der Waals surface area contributed by atoms with E-state index in [2.05, 4.69) is 31.0 Å². The SMILES string of the molecule is Cc1cc(NC(=O)Nc2cc(C(C)(C)C)nn2-c2cccc(F)c2)ccc1-c1cnc(NC2CC2)c2nccn12. The van der Waals surface area contributed by atoms with Crippen LogP contribution in [0.2, 0.25) is 0 Å². The van der Waals surface area contributed by atoms with E-state index in [-0.39, 0.29) is 11.2 Å². The Morgan fingerprint density at radius 2 is 1.88 bits per heavy atom. The van der Waals surface area contributed by atoms with Gasteiger partial charge in [-0.15, -0.1) is 0 Å². The van der Waals surface area contributed by atoms with Gasteiger partial charge in [-0.05, 0) is 55.7 Å². The maximum Gasteiger partial charge on any atom is 0.324 e. The number of nitrogens with one attached hydrogen (secondary N) is 3. The minimum Gasteiger partial charge on any atom is -0.364 e. The van der Waals surface area contributed by atoms with Crippen LogP contribution in [-0.2, 0) is 5.41 Å². The molecule has 1 aliphatic carbocycles. The first-order valence-electron chi connectivity index (χ1n) is 13.3. The highest BCUT2D eigenvalue weighted by Crippen LogP contribution is 2.31. The molecule has 0 atom stereocenters. The number of aryl methyl sites for hydroxylation is 1. The molecule has 40 heavy (non-hydrogen) atoms. The lowest BCUT2D eigenvalue weighted by Crippen LogP contribution is -2.21. The predicted octanol–water partition coefficient (Wildman–Crippen LogP) is 6.55. The third-order valence-corrected chi connectivity index (χ3v) is 6.88. The Balaban J connectivity index is 1.23. The summed E-state index contributed by atoms with van der Waals surface area (Å²) in [6, 6.07) is 13.7. The monoisotopic (exact) mass is 538 g/mol. The van der Waals surface area contributed by atoms with Gasteiger partial charge in [0.1, 0.15) is 11.6 Å². The zero-order chi connectivity index (χ0) is 28.0. The maximum absolute atomic E-state index is 14.0. The first-order valence-corrected chi connectivity index (χ1v) is 13.3. The molecule has 2 aromatic carbocycles. The summed E-state index contributed by atoms with van der Waals surface area (Å²) in [5, 5.41) is 13.9. The zero-order valence-corrected chi connectivity index (χ0v) is 22.9. The molecule has 1 fully saturated rings. The Labute approximate surface area is 231 Å². The average molecular weight is 539 g/mol. The topological polar surface area (TPSA) is 101 Å². The van der Waals surface area contributed by atoms with Gasteiger partial charge in [0.2, 0.25) is 0 Å². The Morgan fingerprint density at radius 3 is 2.60 bits per heavy atom. The van der Waals surface area contributed by atoms with Crippen molar-refractivity contribution in [3.63, 3.8) is 0 Å². The summed E-state index contributed by atoms with van der Waals surface area (Å²) in [5.74, 6) is 0.846. The van der Waals surface area contributed by atoms with Crippen LogP contribution < -0.4 is 16.0 Å². The number of anilines is 3. The van der Waals surface area contributed by atoms with Crippen molar-refractivity contribution in [2.45, 2.75) is 52.0 Å². The van der Waals surface area contributed by atoms with Crippen LogP contribution in [0, 0.1) is 12.7 Å². The van der Waals surface area contributed by atoms with E-state index in [0.717, 1.165) is 46.8 Å². The van der Waals surface area contributed by atoms with Crippen molar-refractivity contribution in [1.82, 2.24) is 24.1 Å². The van der Waals surface area contributed by atoms with E-state index >= 15 is 0 Å². The number of fused-ring (bicyclic) bond motifs is 1. The molecule has 3 N–H and O–H groups in total. The number of carbonyl (C=O) groups is 1. The largest absolute Gasteiger partial charge is 0.364 e. The summed E-state index contributed by atoms with van der Waals surface area (Å²) >= 11 is 0. The molecule has 1 aliphatic rings. The molecule has 0 aliphatic heterocycles. The molecule has 2 amide bonds. The number of carbonyl (C=O) groups excluding carboxylic acids is 1. The van der Waals surface area contributed by atoms with Gasteiger partial charge in [-0.25, -0.2) is 23.8 Å². The normalized spacial score (nSPS) is 13.4. The van der Waals surface area contributed by atoms with E-state index in [4.69, 9.17) is 0 Å². The van der Waals surface area contributed by atoms with E-state index in [0.29, 0.717) is 23.2 Å². The van der Waals surface area contributed by atoms with Crippen LogP contribution in [0.4, 0.5) is 26.5 Å². The third kappa shape index (κ3) is 5.12. The number of benzene rings is 2. The molecule has 1 saturated carbocycles. The Hall–Kier alpha value is -4.73. The number of rotatable bonds is 6. The first-order chi connectivity index (χ1) is 19.2. The molecular formula is C30H31FN8O. The zero-order valence-electron chi connectivity index (χ0n) is 22.9. The van der Waals surface area contributed by atoms with E-state index in [1.54, 1.807) is 23.0 Å². The second kappa shape index (κ2) is 9.78. The molecule has 0 radical (unpaired) electrons. The van der Waals surface area contributed by atoms with Gasteiger partial charge in [0.25, 0.3) is 0 Å². The van der Waals surface area contributed by atoms with Gasteiger partial charge in [-0.1, -0.05) is 32.9 Å². The molecule has 0 unspecified atom stereocenters. The van der Waals surface area contributed by atoms with Crippen molar-refractivity contribution in [2.24, 2.45) is 0 Å². The van der Waals surface area contributed by atoms with Gasteiger partial charge in [0.05, 0.1) is 23.3 Å². The van der Waals surface area contributed by atoms with Crippen molar-refractivity contribution < 1.29 is 9.18 Å². The number of imidazole rings is 1. The Kier molecular flexibility index (Phi) is 6.25. The summed E-state index contributed by atoms with van der Waals surface area (Å²) in [7, 11) is 0. The number of hydrogen-bond acceptors (Lipinski definition) is 5. The lowest BCUT2D eigenvalue weighted by Gasteiger charge is -2.14. The summed E-state index contributed by atoms with van der Waals surface area (Å²) < 4.78 is 17.5. The number of amides is 2. The van der Waals surface area contributed by atoms with Gasteiger partial charge in [0.15, 0.2) is 11.5 Å². The van der Waals surface area contributed by atoms with Gasteiger partial charge in [-0.2, -0.15) is 5.10 Å². The first kappa shape index (κ1) is 25.5. The summed E-state index contributed by atoms with van der Waals surface area (Å²) in [6.07, 6.45) is 7.86. The number of urea groups is 1. The molecule has 9 nitrogen and oxygen atoms in total. The number of aromatic nitrogens is 5. The average Bonchev–Trinajstić information content (AvgIpc) is 3.38. The predicted molar refractivity (Wildman–Crippen MR) is 155 cm³/mol. The second-order valence-corrected chi connectivity index (χ2v) is 11.2. The van der Waals surface area contributed by atoms with Crippen LogP contribution in [0.1, 0.15) is 44.9 Å². The quantitative estimate of drug-likeness (QED) is 0.228. The molecule has 6 rings (SSSR count). The van der Waals surface area contributed by atoms with Gasteiger partial charge < -0.3 is 10.6 Å². The Morgan fingerprint density at radius 1 is 1.05 bits per heavy atom. The minimum atomic E-state index is -0.431. The second-order valence-electron chi connectivity index (χ2n) is 11.2. The lowest BCUT2D eigenvalue weighted by atomic mass is 9.92. The van der Waals surface area contributed by atoms with Crippen LogP contribution in [0.25, 0.3) is 22.6 Å². The molecule has 3 heterocycles. The van der Waals surface area contributed by atoms with E-state index < -0.39 is 6.03 Å². The summed E-state index contributed by atoms with van der Waals surface area (Å²) in [5.41, 5.74) is 5.31. The highest BCUT2D eigenvalue weighted by molar-refractivity contribution is 5.99. The lowest BCUT2D eigenvalue weighted by molar-refractivity contribution is 0.262. The van der Waals surface area contributed by atoms with Crippen LogP contribution in [-0.4, -0.2) is 36.2 Å². The highest BCUT2D eigenvalue weighted by atomic mass is 19.1. The fourth-order valence-electron chi connectivity index (χ4n) is 4.59. The summed E-state index contributed by atoms with van der Waals surface area (Å²) in [4.78, 5) is 22.2. The van der Waals surface area contributed by atoms with Crippen molar-refractivity contribution in [1.29, 1.82) is 0 Å². The fourth-order valence-corrected chi connectivity index (χ4v) is 4.59. The number of nitrogens with zero attached hydrogens (tertiary/aromatic N) is 5. The van der Waals surface area contributed by atoms with E-state index in [1.165, 1.54) is 12.1 Å². The molecule has 3 aromatic heterocycles. The molecular weight excluding hydrogens is 507 g/mol. The fraction of sp³-hybridized carbons (Fsp3) is 0.267. The molecule has 0 bridgehead atoms. The van der Waals surface area contributed by atoms with Gasteiger partial charge in [-0.3, -0.25) is 9.72 Å². The third-order valence-electron chi connectivity index (χ3n) is 6.88. The summed E-state index contributed by atoms with van der Waals surface area (Å²) in [6.45, 7) is 8.09. The van der Waals surface area contributed by atoms with E-state index in [1.807, 2.05) is 68.8 Å². The number of hydrogen-bond donors (Lipinski definition) is 3. The van der Waals surface area contributed by atoms with Gasteiger partial charge >= 0.3 is 6.03 Å². The van der Waals surface area contributed by atoms with Crippen molar-refractivity contribution in [2.75, 3.05) is 16.0 Å². The molecule has 0 saturated heterocycles. The maximum atomic E-state index is 14.0. The van der Waals surface area contributed by atoms with E-state index in [9.17, 15) is 9.18 Å². The van der Waals surface area contributed by atoms with Crippen molar-refractivity contribution >= 4 is 29.0 Å². The minimum absolute atomic E-state index is 0.264. The van der Waals surface area contributed by atoms with Crippen LogP contribution in [0.5, 0.6) is 0 Å². The van der Waals surface area contributed by atoms with Crippen molar-refractivity contribution in [3.8, 4) is 16.9 Å².